The molecule has 0 rings (SSSR count). The van der Waals surface area contributed by atoms with E-state index >= 15 is 0 Å². The summed E-state index contributed by atoms with van der Waals surface area (Å²) in [6, 6.07) is -0.846. The molecule has 8 nitrogen and oxygen atoms in total. The zero-order valence-electron chi connectivity index (χ0n) is 36.2. The molecule has 0 heterocycles. The monoisotopic (exact) mass is 786 g/mol. The molecular formula is C45H90N2O6P+. The van der Waals surface area contributed by atoms with Crippen molar-refractivity contribution in [1.82, 2.24) is 5.32 Å². The molecule has 1 amide bonds. The molecule has 3 N–H and O–H groups in total. The van der Waals surface area contributed by atoms with E-state index in [1.807, 2.05) is 27.2 Å². The van der Waals surface area contributed by atoms with Crippen molar-refractivity contribution in [2.24, 2.45) is 0 Å². The molecule has 0 aliphatic rings. The number of amides is 1. The number of nitrogens with zero attached hydrogens (tertiary/aromatic N) is 1. The number of hydrogen-bond donors (Lipinski definition) is 3. The number of hydrogen-bond acceptors (Lipinski definition) is 5. The average Bonchev–Trinajstić information content (AvgIpc) is 3.12. The van der Waals surface area contributed by atoms with Crippen LogP contribution in [0.2, 0.25) is 0 Å². The number of likely N-dealkylation sites (N-methyl/N-ethyl adjacent to an activating group) is 1. The van der Waals surface area contributed by atoms with Gasteiger partial charge in [-0.2, -0.15) is 0 Å². The first-order valence-corrected chi connectivity index (χ1v) is 24.2. The summed E-state index contributed by atoms with van der Waals surface area (Å²) in [5.41, 5.74) is 0. The van der Waals surface area contributed by atoms with E-state index in [-0.39, 0.29) is 19.1 Å². The number of phosphoric ester groups is 1. The normalized spacial score (nSPS) is 14.6. The van der Waals surface area contributed by atoms with Gasteiger partial charge in [0, 0.05) is 6.42 Å². The number of quaternary nitrogens is 1. The second-order valence-corrected chi connectivity index (χ2v) is 18.2. The molecule has 320 valence electrons. The van der Waals surface area contributed by atoms with Crippen LogP contribution in [0.5, 0.6) is 0 Å². The van der Waals surface area contributed by atoms with Crippen LogP contribution in [0.15, 0.2) is 24.3 Å². The third-order valence-electron chi connectivity index (χ3n) is 10.1. The number of rotatable bonds is 41. The van der Waals surface area contributed by atoms with Gasteiger partial charge in [0.15, 0.2) is 0 Å². The van der Waals surface area contributed by atoms with Crippen LogP contribution >= 0.6 is 7.82 Å². The highest BCUT2D eigenvalue weighted by Crippen LogP contribution is 2.43. The molecule has 0 spiro atoms. The summed E-state index contributed by atoms with van der Waals surface area (Å²) in [7, 11) is 1.57. The number of nitrogens with one attached hydrogen (secondary N) is 1. The largest absolute Gasteiger partial charge is 0.472 e. The third kappa shape index (κ3) is 39.2. The van der Waals surface area contributed by atoms with Crippen LogP contribution < -0.4 is 5.32 Å². The van der Waals surface area contributed by atoms with Gasteiger partial charge in [-0.3, -0.25) is 13.8 Å². The average molecular weight is 786 g/mol. The minimum Gasteiger partial charge on any atom is -0.387 e. The van der Waals surface area contributed by atoms with Gasteiger partial charge >= 0.3 is 7.82 Å². The van der Waals surface area contributed by atoms with Gasteiger partial charge in [0.1, 0.15) is 13.2 Å². The molecule has 0 aliphatic heterocycles. The summed E-state index contributed by atoms with van der Waals surface area (Å²) in [6.07, 6.45) is 44.0. The maximum absolute atomic E-state index is 12.8. The van der Waals surface area contributed by atoms with E-state index in [1.165, 1.54) is 128 Å². The molecule has 0 aromatic heterocycles. The molecule has 0 radical (unpaired) electrons. The molecule has 9 heteroatoms. The van der Waals surface area contributed by atoms with E-state index in [4.69, 9.17) is 9.05 Å². The second-order valence-electron chi connectivity index (χ2n) is 16.8. The predicted octanol–water partition coefficient (Wildman–Crippen LogP) is 12.5. The van der Waals surface area contributed by atoms with Gasteiger partial charge in [-0.25, -0.2) is 4.57 Å². The van der Waals surface area contributed by atoms with Crippen molar-refractivity contribution in [2.45, 2.75) is 219 Å². The minimum absolute atomic E-state index is 0.0608. The van der Waals surface area contributed by atoms with Crippen LogP contribution in [0.3, 0.4) is 0 Å². The van der Waals surface area contributed by atoms with Crippen LogP contribution in [0.25, 0.3) is 0 Å². The first kappa shape index (κ1) is 53.0. The lowest BCUT2D eigenvalue weighted by atomic mass is 10.0. The summed E-state index contributed by atoms with van der Waals surface area (Å²) in [4.78, 5) is 23.0. The highest BCUT2D eigenvalue weighted by atomic mass is 31.2. The molecule has 0 aromatic rings. The number of aliphatic hydroxyl groups is 1. The molecular weight excluding hydrogens is 695 g/mol. The molecule has 54 heavy (non-hydrogen) atoms. The van der Waals surface area contributed by atoms with Crippen LogP contribution in [-0.2, 0) is 18.4 Å². The molecule has 0 aliphatic carbocycles. The fourth-order valence-electron chi connectivity index (χ4n) is 6.51. The smallest absolute Gasteiger partial charge is 0.387 e. The number of carbonyl (C=O) groups excluding carboxylic acids is 1. The van der Waals surface area contributed by atoms with Crippen molar-refractivity contribution >= 4 is 13.7 Å². The highest BCUT2D eigenvalue weighted by Gasteiger charge is 2.27. The van der Waals surface area contributed by atoms with Crippen LogP contribution in [0.4, 0.5) is 0 Å². The molecule has 0 aromatic carbocycles. The Labute approximate surface area is 334 Å². The Balaban J connectivity index is 4.29. The van der Waals surface area contributed by atoms with Gasteiger partial charge < -0.3 is 19.8 Å². The summed E-state index contributed by atoms with van der Waals surface area (Å²) in [5, 5.41) is 13.8. The molecule has 0 fully saturated rings. The highest BCUT2D eigenvalue weighted by molar-refractivity contribution is 7.47. The molecule has 0 saturated carbocycles. The lowest BCUT2D eigenvalue weighted by molar-refractivity contribution is -0.870. The van der Waals surface area contributed by atoms with Crippen LogP contribution in [0.1, 0.15) is 206 Å². The van der Waals surface area contributed by atoms with Gasteiger partial charge in [0.25, 0.3) is 0 Å². The summed E-state index contributed by atoms with van der Waals surface area (Å²) in [6.45, 7) is 4.75. The predicted molar refractivity (Wildman–Crippen MR) is 231 cm³/mol. The Bertz CT molecular complexity index is 938. The lowest BCUT2D eigenvalue weighted by Gasteiger charge is -2.25. The number of phosphoric acid groups is 1. The summed E-state index contributed by atoms with van der Waals surface area (Å²) < 4.78 is 23.5. The second kappa shape index (κ2) is 37.6. The molecule has 0 bridgehead atoms. The van der Waals surface area contributed by atoms with E-state index in [2.05, 4.69) is 31.3 Å². The van der Waals surface area contributed by atoms with E-state index in [9.17, 15) is 19.4 Å². The van der Waals surface area contributed by atoms with Gasteiger partial charge in [-0.05, 0) is 38.5 Å². The first-order chi connectivity index (χ1) is 26.0. The van der Waals surface area contributed by atoms with Crippen molar-refractivity contribution in [2.75, 3.05) is 40.9 Å². The van der Waals surface area contributed by atoms with E-state index in [1.54, 1.807) is 6.08 Å². The first-order valence-electron chi connectivity index (χ1n) is 22.7. The number of allylic oxidation sites excluding steroid dienone is 3. The minimum atomic E-state index is -4.33. The molecule has 3 atom stereocenters. The lowest BCUT2D eigenvalue weighted by Crippen LogP contribution is -2.45. The van der Waals surface area contributed by atoms with E-state index < -0.39 is 20.0 Å². The maximum Gasteiger partial charge on any atom is 0.472 e. The van der Waals surface area contributed by atoms with Crippen LogP contribution in [0, 0.1) is 0 Å². The quantitative estimate of drug-likeness (QED) is 0.0247. The van der Waals surface area contributed by atoms with Crippen molar-refractivity contribution in [1.29, 1.82) is 0 Å². The Morgan fingerprint density at radius 2 is 1.04 bits per heavy atom. The zero-order chi connectivity index (χ0) is 40.0. The Morgan fingerprint density at radius 1 is 0.611 bits per heavy atom. The van der Waals surface area contributed by atoms with Gasteiger partial charge in [-0.1, -0.05) is 186 Å². The SMILES string of the molecule is CCC/C=C\CCCCCCCC(=O)NC(COP(=O)(O)OCC[N+](C)(C)C)C(O)/C=C/CCCCCCCCCCCCCCCCCCCCCC. The Morgan fingerprint density at radius 3 is 1.50 bits per heavy atom. The number of carbonyl (C=O) groups is 1. The topological polar surface area (TPSA) is 105 Å². The summed E-state index contributed by atoms with van der Waals surface area (Å²) >= 11 is 0. The fourth-order valence-corrected chi connectivity index (χ4v) is 7.25. The van der Waals surface area contributed by atoms with Crippen molar-refractivity contribution in [3.05, 3.63) is 24.3 Å². The van der Waals surface area contributed by atoms with Crippen molar-refractivity contribution in [3.8, 4) is 0 Å². The standard InChI is InChI=1S/C45H89N2O6P/c1-6-8-10-12-14-16-18-19-20-21-22-23-24-25-26-27-28-29-30-32-34-36-38-44(48)43(42-53-54(50,51)52-41-40-47(3,4)5)46-45(49)39-37-35-33-31-17-15-13-11-9-7-2/h11,13,36,38,43-44,48H,6-10,12,14-35,37,39-42H2,1-5H3,(H-,46,49,50,51)/p+1/b13-11-,38-36+. The Hall–Kier alpha value is -1.02. The van der Waals surface area contributed by atoms with Gasteiger partial charge in [-0.15, -0.1) is 0 Å². The molecule has 0 saturated heterocycles. The Kier molecular flexibility index (Phi) is 36.8. The van der Waals surface area contributed by atoms with Crippen LogP contribution in [-0.4, -0.2) is 73.4 Å². The van der Waals surface area contributed by atoms with Crippen molar-refractivity contribution < 1.29 is 32.9 Å². The van der Waals surface area contributed by atoms with Gasteiger partial charge in [0.05, 0.1) is 39.9 Å². The zero-order valence-corrected chi connectivity index (χ0v) is 37.1. The third-order valence-corrected chi connectivity index (χ3v) is 11.1. The summed E-state index contributed by atoms with van der Waals surface area (Å²) in [5.74, 6) is -0.189. The number of unbranched alkanes of at least 4 members (excludes halogenated alkanes) is 26. The van der Waals surface area contributed by atoms with E-state index in [0.717, 1.165) is 57.8 Å². The van der Waals surface area contributed by atoms with Crippen molar-refractivity contribution in [3.63, 3.8) is 0 Å². The van der Waals surface area contributed by atoms with E-state index in [0.29, 0.717) is 17.4 Å². The maximum atomic E-state index is 12.8. The van der Waals surface area contributed by atoms with Gasteiger partial charge in [0.2, 0.25) is 5.91 Å². The fraction of sp³-hybridized carbons (Fsp3) is 0.889. The molecule has 3 unspecified atom stereocenters. The number of aliphatic hydroxyl groups excluding tert-OH is 1.